The second kappa shape index (κ2) is 5.53. The average Bonchev–Trinajstić information content (AvgIpc) is 2.89. The van der Waals surface area contributed by atoms with Crippen molar-refractivity contribution in [3.05, 3.63) is 34.9 Å². The van der Waals surface area contributed by atoms with Crippen molar-refractivity contribution in [1.82, 2.24) is 10.1 Å². The third-order valence-electron chi connectivity index (χ3n) is 2.50. The number of aryl methyl sites for hydroxylation is 1. The van der Waals surface area contributed by atoms with Gasteiger partial charge in [0.25, 0.3) is 5.89 Å². The van der Waals surface area contributed by atoms with Gasteiger partial charge in [-0.15, -0.1) is 0 Å². The second-order valence-electron chi connectivity index (χ2n) is 3.85. The van der Waals surface area contributed by atoms with Crippen LogP contribution >= 0.6 is 0 Å². The van der Waals surface area contributed by atoms with Crippen molar-refractivity contribution in [2.75, 3.05) is 6.54 Å². The number of rotatable bonds is 4. The molecule has 108 valence electrons. The lowest BCUT2D eigenvalue weighted by atomic mass is 10.1. The van der Waals surface area contributed by atoms with E-state index in [4.69, 9.17) is 5.73 Å². The van der Waals surface area contributed by atoms with Crippen LogP contribution in [-0.2, 0) is 6.42 Å². The molecule has 1 heterocycles. The van der Waals surface area contributed by atoms with Gasteiger partial charge in [0, 0.05) is 6.42 Å². The van der Waals surface area contributed by atoms with Crippen LogP contribution in [0.5, 0.6) is 0 Å². The Balaban J connectivity index is 2.50. The van der Waals surface area contributed by atoms with E-state index in [0.29, 0.717) is 13.0 Å². The monoisotopic (exact) mass is 293 g/mol. The SMILES string of the molecule is NCCCc1noc(-c2c(F)c(F)c(F)c(F)c2F)n1. The Labute approximate surface area is 109 Å². The highest BCUT2D eigenvalue weighted by atomic mass is 19.2. The lowest BCUT2D eigenvalue weighted by molar-refractivity contribution is 0.372. The summed E-state index contributed by atoms with van der Waals surface area (Å²) in [5, 5.41) is 3.38. The summed E-state index contributed by atoms with van der Waals surface area (Å²) >= 11 is 0. The Kier molecular flexibility index (Phi) is 3.98. The van der Waals surface area contributed by atoms with Crippen LogP contribution in [0.1, 0.15) is 12.2 Å². The Morgan fingerprint density at radius 3 is 2.00 bits per heavy atom. The first kappa shape index (κ1) is 14.4. The quantitative estimate of drug-likeness (QED) is 0.534. The molecule has 0 saturated carbocycles. The van der Waals surface area contributed by atoms with E-state index >= 15 is 0 Å². The number of nitrogens with zero attached hydrogens (tertiary/aromatic N) is 2. The summed E-state index contributed by atoms with van der Waals surface area (Å²) in [5.41, 5.74) is 4.01. The van der Waals surface area contributed by atoms with Gasteiger partial charge in [0.2, 0.25) is 5.82 Å². The molecule has 0 amide bonds. The summed E-state index contributed by atoms with van der Waals surface area (Å²) in [7, 11) is 0. The smallest absolute Gasteiger partial charge is 0.264 e. The molecule has 2 aromatic rings. The Morgan fingerprint density at radius 2 is 1.45 bits per heavy atom. The first-order chi connectivity index (χ1) is 9.47. The van der Waals surface area contributed by atoms with Gasteiger partial charge >= 0.3 is 0 Å². The molecule has 0 fully saturated rings. The molecule has 0 unspecified atom stereocenters. The van der Waals surface area contributed by atoms with Gasteiger partial charge in [-0.25, -0.2) is 22.0 Å². The van der Waals surface area contributed by atoms with Crippen molar-refractivity contribution in [3.63, 3.8) is 0 Å². The Morgan fingerprint density at radius 1 is 0.900 bits per heavy atom. The van der Waals surface area contributed by atoms with Crippen LogP contribution < -0.4 is 5.73 Å². The summed E-state index contributed by atoms with van der Waals surface area (Å²) in [6.45, 7) is 0.326. The molecule has 0 aliphatic rings. The maximum Gasteiger partial charge on any atom is 0.264 e. The minimum absolute atomic E-state index is 0.0643. The third-order valence-corrected chi connectivity index (χ3v) is 2.50. The van der Waals surface area contributed by atoms with E-state index in [2.05, 4.69) is 14.7 Å². The largest absolute Gasteiger partial charge is 0.334 e. The van der Waals surface area contributed by atoms with Crippen molar-refractivity contribution >= 4 is 0 Å². The number of benzene rings is 1. The van der Waals surface area contributed by atoms with Crippen molar-refractivity contribution in [2.24, 2.45) is 5.73 Å². The maximum atomic E-state index is 13.5. The van der Waals surface area contributed by atoms with Gasteiger partial charge in [0.1, 0.15) is 5.56 Å². The molecule has 0 atom stereocenters. The summed E-state index contributed by atoms with van der Waals surface area (Å²) in [5.74, 6) is -11.1. The van der Waals surface area contributed by atoms with E-state index < -0.39 is 40.5 Å². The number of hydrogen-bond donors (Lipinski definition) is 1. The standard InChI is InChI=1S/C11H8F5N3O/c12-6-5(7(13)9(15)10(16)8(6)14)11-18-4(19-20-11)2-1-3-17/h1-3,17H2. The van der Waals surface area contributed by atoms with Crippen LogP contribution in [0.3, 0.4) is 0 Å². The van der Waals surface area contributed by atoms with Crippen molar-refractivity contribution in [1.29, 1.82) is 0 Å². The van der Waals surface area contributed by atoms with Crippen molar-refractivity contribution < 1.29 is 26.5 Å². The first-order valence-corrected chi connectivity index (χ1v) is 5.51. The number of nitrogens with two attached hydrogens (primary N) is 1. The minimum Gasteiger partial charge on any atom is -0.334 e. The molecule has 0 aliphatic carbocycles. The van der Waals surface area contributed by atoms with Gasteiger partial charge in [0.15, 0.2) is 29.1 Å². The fourth-order valence-electron chi connectivity index (χ4n) is 1.51. The topological polar surface area (TPSA) is 64.9 Å². The number of aromatic nitrogens is 2. The summed E-state index contributed by atoms with van der Waals surface area (Å²) in [6.07, 6.45) is 0.742. The van der Waals surface area contributed by atoms with Gasteiger partial charge in [-0.05, 0) is 13.0 Å². The average molecular weight is 293 g/mol. The molecule has 0 radical (unpaired) electrons. The van der Waals surface area contributed by atoms with Gasteiger partial charge in [-0.2, -0.15) is 4.98 Å². The van der Waals surface area contributed by atoms with Gasteiger partial charge in [-0.3, -0.25) is 0 Å². The zero-order valence-corrected chi connectivity index (χ0v) is 9.89. The van der Waals surface area contributed by atoms with Crippen LogP contribution in [0.4, 0.5) is 22.0 Å². The predicted molar refractivity (Wildman–Crippen MR) is 56.9 cm³/mol. The van der Waals surface area contributed by atoms with E-state index in [1.54, 1.807) is 0 Å². The number of hydrogen-bond acceptors (Lipinski definition) is 4. The van der Waals surface area contributed by atoms with E-state index in [9.17, 15) is 22.0 Å². The molecule has 0 aliphatic heterocycles. The molecule has 9 heteroatoms. The van der Waals surface area contributed by atoms with E-state index in [-0.39, 0.29) is 12.2 Å². The number of halogens is 5. The van der Waals surface area contributed by atoms with Crippen molar-refractivity contribution in [2.45, 2.75) is 12.8 Å². The summed E-state index contributed by atoms with van der Waals surface area (Å²) in [4.78, 5) is 3.58. The highest BCUT2D eigenvalue weighted by Gasteiger charge is 2.29. The molecule has 0 saturated heterocycles. The highest BCUT2D eigenvalue weighted by Crippen LogP contribution is 2.30. The summed E-state index contributed by atoms with van der Waals surface area (Å²) < 4.78 is 70.4. The van der Waals surface area contributed by atoms with E-state index in [1.165, 1.54) is 0 Å². The zero-order valence-electron chi connectivity index (χ0n) is 9.89. The normalized spacial score (nSPS) is 11.1. The zero-order chi connectivity index (χ0) is 14.9. The molecule has 2 N–H and O–H groups in total. The van der Waals surface area contributed by atoms with Crippen LogP contribution in [-0.4, -0.2) is 16.7 Å². The molecule has 20 heavy (non-hydrogen) atoms. The fourth-order valence-corrected chi connectivity index (χ4v) is 1.51. The third kappa shape index (κ3) is 2.36. The maximum absolute atomic E-state index is 13.5. The lowest BCUT2D eigenvalue weighted by Gasteiger charge is -2.03. The molecule has 0 bridgehead atoms. The summed E-state index contributed by atoms with van der Waals surface area (Å²) in [6, 6.07) is 0. The Bertz CT molecular complexity index is 614. The van der Waals surface area contributed by atoms with E-state index in [1.807, 2.05) is 0 Å². The van der Waals surface area contributed by atoms with Gasteiger partial charge < -0.3 is 10.3 Å². The molecule has 4 nitrogen and oxygen atoms in total. The fraction of sp³-hybridized carbons (Fsp3) is 0.273. The molecule has 0 spiro atoms. The van der Waals surface area contributed by atoms with E-state index in [0.717, 1.165) is 0 Å². The first-order valence-electron chi connectivity index (χ1n) is 5.51. The van der Waals surface area contributed by atoms with Crippen LogP contribution in [0.2, 0.25) is 0 Å². The Hall–Kier alpha value is -2.03. The molecule has 1 aromatic carbocycles. The van der Waals surface area contributed by atoms with Crippen LogP contribution in [0.15, 0.2) is 4.52 Å². The minimum atomic E-state index is -2.24. The molecular weight excluding hydrogens is 285 g/mol. The van der Waals surface area contributed by atoms with Crippen LogP contribution in [0.25, 0.3) is 11.5 Å². The van der Waals surface area contributed by atoms with Crippen molar-refractivity contribution in [3.8, 4) is 11.5 Å². The van der Waals surface area contributed by atoms with Gasteiger partial charge in [0.05, 0.1) is 0 Å². The molecular formula is C11H8F5N3O. The lowest BCUT2D eigenvalue weighted by Crippen LogP contribution is -2.04. The predicted octanol–water partition coefficient (Wildman–Crippen LogP) is 2.32. The highest BCUT2D eigenvalue weighted by molar-refractivity contribution is 5.55. The van der Waals surface area contributed by atoms with Crippen LogP contribution in [0, 0.1) is 29.1 Å². The van der Waals surface area contributed by atoms with Gasteiger partial charge in [-0.1, -0.05) is 5.16 Å². The molecule has 2 rings (SSSR count). The second-order valence-corrected chi connectivity index (χ2v) is 3.85. The molecule has 1 aromatic heterocycles.